The lowest BCUT2D eigenvalue weighted by Crippen LogP contribution is -2.53. The summed E-state index contributed by atoms with van der Waals surface area (Å²) in [7, 11) is 0. The molecule has 1 fully saturated rings. The molecule has 3 N–H and O–H groups in total. The van der Waals surface area contributed by atoms with E-state index in [2.05, 4.69) is 47.2 Å². The molecule has 0 bridgehead atoms. The number of rotatable bonds is 4. The summed E-state index contributed by atoms with van der Waals surface area (Å²) in [5, 5.41) is 3.04. The Bertz CT molecular complexity index is 493. The van der Waals surface area contributed by atoms with E-state index in [0.29, 0.717) is 6.54 Å². The third kappa shape index (κ3) is 3.41. The van der Waals surface area contributed by atoms with Crippen LogP contribution < -0.4 is 11.1 Å². The van der Waals surface area contributed by atoms with E-state index in [1.54, 1.807) is 0 Å². The Kier molecular flexibility index (Phi) is 4.55. The highest BCUT2D eigenvalue weighted by Gasteiger charge is 2.37. The number of hydrogen-bond donors (Lipinski definition) is 2. The number of amides is 1. The molecule has 0 saturated heterocycles. The van der Waals surface area contributed by atoms with E-state index >= 15 is 0 Å². The zero-order valence-electron chi connectivity index (χ0n) is 12.2. The van der Waals surface area contributed by atoms with Crippen LogP contribution in [0.25, 0.3) is 0 Å². The maximum absolute atomic E-state index is 12.3. The van der Waals surface area contributed by atoms with Gasteiger partial charge in [0.25, 0.3) is 0 Å². The Morgan fingerprint density at radius 1 is 1.40 bits per heavy atom. The summed E-state index contributed by atoms with van der Waals surface area (Å²) < 4.78 is 1.06. The Hall–Kier alpha value is -0.870. The van der Waals surface area contributed by atoms with E-state index in [0.717, 1.165) is 30.2 Å². The highest BCUT2D eigenvalue weighted by atomic mass is 79.9. The summed E-state index contributed by atoms with van der Waals surface area (Å²) in [6.07, 6.45) is 3.71. The van der Waals surface area contributed by atoms with Gasteiger partial charge in [0, 0.05) is 16.4 Å². The van der Waals surface area contributed by atoms with Gasteiger partial charge in [0.2, 0.25) is 5.91 Å². The minimum absolute atomic E-state index is 0.00179. The highest BCUT2D eigenvalue weighted by Crippen LogP contribution is 2.28. The number of benzene rings is 1. The van der Waals surface area contributed by atoms with Crippen LogP contribution in [0.2, 0.25) is 0 Å². The fourth-order valence-corrected chi connectivity index (χ4v) is 3.12. The highest BCUT2D eigenvalue weighted by molar-refractivity contribution is 9.10. The molecule has 2 rings (SSSR count). The van der Waals surface area contributed by atoms with Crippen molar-refractivity contribution in [3.63, 3.8) is 0 Å². The number of hydrogen-bond acceptors (Lipinski definition) is 2. The van der Waals surface area contributed by atoms with Crippen LogP contribution in [0.15, 0.2) is 28.7 Å². The molecule has 0 heterocycles. The molecule has 1 aromatic rings. The molecular weight excluding hydrogens is 316 g/mol. The van der Waals surface area contributed by atoms with Crippen LogP contribution in [-0.2, 0) is 10.2 Å². The Morgan fingerprint density at radius 2 is 2.05 bits per heavy atom. The van der Waals surface area contributed by atoms with Crippen LogP contribution in [0.1, 0.15) is 45.1 Å². The summed E-state index contributed by atoms with van der Waals surface area (Å²) in [6, 6.07) is 8.21. The third-order valence-corrected chi connectivity index (χ3v) is 4.74. The van der Waals surface area contributed by atoms with Gasteiger partial charge in [-0.25, -0.2) is 0 Å². The smallest absolute Gasteiger partial charge is 0.240 e. The van der Waals surface area contributed by atoms with Crippen molar-refractivity contribution in [3.8, 4) is 0 Å². The van der Waals surface area contributed by atoms with E-state index in [-0.39, 0.29) is 11.3 Å². The van der Waals surface area contributed by atoms with Crippen molar-refractivity contribution in [1.82, 2.24) is 5.32 Å². The molecule has 20 heavy (non-hydrogen) atoms. The molecule has 1 aliphatic rings. The minimum atomic E-state index is -0.645. The van der Waals surface area contributed by atoms with Crippen LogP contribution in [0.3, 0.4) is 0 Å². The summed E-state index contributed by atoms with van der Waals surface area (Å²) in [6.45, 7) is 4.86. The fraction of sp³-hybridized carbons (Fsp3) is 0.562. The lowest BCUT2D eigenvalue weighted by atomic mass is 9.84. The second kappa shape index (κ2) is 5.86. The lowest BCUT2D eigenvalue weighted by molar-refractivity contribution is -0.126. The predicted molar refractivity (Wildman–Crippen MR) is 85.6 cm³/mol. The molecule has 3 nitrogen and oxygen atoms in total. The molecule has 1 aliphatic carbocycles. The SMILES string of the molecule is CC(C)(CNC(=O)C1(N)CCCC1)c1cccc(Br)c1. The quantitative estimate of drug-likeness (QED) is 0.886. The summed E-state index contributed by atoms with van der Waals surface area (Å²) in [5.41, 5.74) is 6.61. The molecule has 0 aliphatic heterocycles. The van der Waals surface area contributed by atoms with Crippen molar-refractivity contribution in [2.75, 3.05) is 6.54 Å². The van der Waals surface area contributed by atoms with Crippen molar-refractivity contribution in [3.05, 3.63) is 34.3 Å². The van der Waals surface area contributed by atoms with Crippen LogP contribution >= 0.6 is 15.9 Å². The molecular formula is C16H23BrN2O. The van der Waals surface area contributed by atoms with E-state index in [1.165, 1.54) is 5.56 Å². The molecule has 0 aromatic heterocycles. The van der Waals surface area contributed by atoms with Gasteiger partial charge in [-0.15, -0.1) is 0 Å². The van der Waals surface area contributed by atoms with Gasteiger partial charge in [-0.3, -0.25) is 4.79 Å². The maximum atomic E-state index is 12.3. The van der Waals surface area contributed by atoms with Gasteiger partial charge in [-0.2, -0.15) is 0 Å². The molecule has 1 saturated carbocycles. The molecule has 110 valence electrons. The van der Waals surface area contributed by atoms with Gasteiger partial charge in [-0.05, 0) is 30.5 Å². The Morgan fingerprint density at radius 3 is 2.65 bits per heavy atom. The van der Waals surface area contributed by atoms with Gasteiger partial charge in [0.15, 0.2) is 0 Å². The van der Waals surface area contributed by atoms with E-state index in [1.807, 2.05) is 12.1 Å². The first-order valence-corrected chi connectivity index (χ1v) is 7.96. The number of carbonyl (C=O) groups is 1. The first-order chi connectivity index (χ1) is 9.33. The summed E-state index contributed by atoms with van der Waals surface area (Å²) in [4.78, 5) is 12.3. The molecule has 0 atom stereocenters. The monoisotopic (exact) mass is 338 g/mol. The molecule has 4 heteroatoms. The van der Waals surface area contributed by atoms with E-state index in [9.17, 15) is 4.79 Å². The summed E-state index contributed by atoms with van der Waals surface area (Å²) in [5.74, 6) is -0.00179. The third-order valence-electron chi connectivity index (χ3n) is 4.24. The van der Waals surface area contributed by atoms with Crippen molar-refractivity contribution in [2.45, 2.75) is 50.5 Å². The van der Waals surface area contributed by atoms with Gasteiger partial charge in [-0.1, -0.05) is 54.8 Å². The maximum Gasteiger partial charge on any atom is 0.240 e. The molecule has 0 spiro atoms. The van der Waals surface area contributed by atoms with Crippen molar-refractivity contribution >= 4 is 21.8 Å². The first kappa shape index (κ1) is 15.5. The number of halogens is 1. The standard InChI is InChI=1S/C16H23BrN2O/c1-15(2,12-6-5-7-13(17)10-12)11-19-14(20)16(18)8-3-4-9-16/h5-7,10H,3-4,8-9,11,18H2,1-2H3,(H,19,20). The molecule has 1 aromatic carbocycles. The molecule has 0 radical (unpaired) electrons. The Balaban J connectivity index is 2.00. The topological polar surface area (TPSA) is 55.1 Å². The van der Waals surface area contributed by atoms with Crippen molar-refractivity contribution in [1.29, 1.82) is 0 Å². The van der Waals surface area contributed by atoms with Crippen molar-refractivity contribution < 1.29 is 4.79 Å². The number of carbonyl (C=O) groups excluding carboxylic acids is 1. The predicted octanol–water partition coefficient (Wildman–Crippen LogP) is 3.11. The van der Waals surface area contributed by atoms with Gasteiger partial charge < -0.3 is 11.1 Å². The first-order valence-electron chi connectivity index (χ1n) is 7.17. The van der Waals surface area contributed by atoms with Crippen molar-refractivity contribution in [2.24, 2.45) is 5.73 Å². The normalized spacial score (nSPS) is 18.0. The zero-order chi connectivity index (χ0) is 14.8. The lowest BCUT2D eigenvalue weighted by Gasteiger charge is -2.29. The van der Waals surface area contributed by atoms with E-state index in [4.69, 9.17) is 5.73 Å². The molecule has 0 unspecified atom stereocenters. The van der Waals surface area contributed by atoms with Crippen LogP contribution in [0.5, 0.6) is 0 Å². The number of nitrogens with two attached hydrogens (primary N) is 1. The van der Waals surface area contributed by atoms with Crippen LogP contribution in [-0.4, -0.2) is 18.0 Å². The molecule has 1 amide bonds. The number of nitrogens with one attached hydrogen (secondary N) is 1. The second-order valence-electron chi connectivity index (χ2n) is 6.44. The van der Waals surface area contributed by atoms with Gasteiger partial charge in [0.05, 0.1) is 5.54 Å². The van der Waals surface area contributed by atoms with Gasteiger partial charge >= 0.3 is 0 Å². The van der Waals surface area contributed by atoms with Crippen LogP contribution in [0.4, 0.5) is 0 Å². The summed E-state index contributed by atoms with van der Waals surface area (Å²) >= 11 is 3.49. The van der Waals surface area contributed by atoms with Crippen LogP contribution in [0, 0.1) is 0 Å². The minimum Gasteiger partial charge on any atom is -0.354 e. The average Bonchev–Trinajstić information content (AvgIpc) is 2.84. The largest absolute Gasteiger partial charge is 0.354 e. The zero-order valence-corrected chi connectivity index (χ0v) is 13.8. The average molecular weight is 339 g/mol. The van der Waals surface area contributed by atoms with E-state index < -0.39 is 5.54 Å². The Labute approximate surface area is 129 Å². The van der Waals surface area contributed by atoms with Gasteiger partial charge in [0.1, 0.15) is 0 Å². The second-order valence-corrected chi connectivity index (χ2v) is 7.36. The fourth-order valence-electron chi connectivity index (χ4n) is 2.72.